The summed E-state index contributed by atoms with van der Waals surface area (Å²) in [4.78, 5) is 5.52. The first-order chi connectivity index (χ1) is 9.83. The van der Waals surface area contributed by atoms with Crippen LogP contribution in [-0.2, 0) is 5.75 Å². The van der Waals surface area contributed by atoms with Gasteiger partial charge in [-0.1, -0.05) is 42.5 Å². The minimum absolute atomic E-state index is 0.718. The number of hydrogen-bond donors (Lipinski definition) is 0. The fourth-order valence-electron chi connectivity index (χ4n) is 1.81. The summed E-state index contributed by atoms with van der Waals surface area (Å²) in [6.07, 6.45) is 1.78. The van der Waals surface area contributed by atoms with Gasteiger partial charge in [-0.2, -0.15) is 0 Å². The Morgan fingerprint density at radius 1 is 1.00 bits per heavy atom. The molecule has 0 fully saturated rings. The summed E-state index contributed by atoms with van der Waals surface area (Å²) >= 11 is 5.25. The maximum Gasteiger partial charge on any atom is 0.205 e. The number of aromatic nitrogens is 1. The van der Waals surface area contributed by atoms with Crippen molar-refractivity contribution in [3.63, 3.8) is 0 Å². The molecule has 0 saturated carbocycles. The van der Waals surface area contributed by atoms with E-state index in [0.29, 0.717) is 0 Å². The molecule has 0 unspecified atom stereocenters. The van der Waals surface area contributed by atoms with Gasteiger partial charge in [0.25, 0.3) is 0 Å². The van der Waals surface area contributed by atoms with Crippen molar-refractivity contribution in [2.75, 3.05) is 0 Å². The van der Waals surface area contributed by atoms with Crippen molar-refractivity contribution in [1.82, 2.24) is 4.98 Å². The highest BCUT2D eigenvalue weighted by molar-refractivity contribution is 9.10. The van der Waals surface area contributed by atoms with Crippen LogP contribution in [0.5, 0.6) is 0 Å². The van der Waals surface area contributed by atoms with Gasteiger partial charge in [-0.05, 0) is 28.1 Å². The first-order valence-electron chi connectivity index (χ1n) is 6.20. The molecule has 100 valence electrons. The standard InChI is InChI=1S/C16H12BrNOS/c17-13-8-4-5-9-15(13)20-11-16-18-10-14(19-16)12-6-2-1-3-7-12/h1-10H,11H2. The van der Waals surface area contributed by atoms with Gasteiger partial charge in [0.05, 0.1) is 11.9 Å². The second kappa shape index (κ2) is 6.29. The van der Waals surface area contributed by atoms with Crippen LogP contribution < -0.4 is 0 Å². The van der Waals surface area contributed by atoms with Crippen LogP contribution in [0, 0.1) is 0 Å². The largest absolute Gasteiger partial charge is 0.440 e. The van der Waals surface area contributed by atoms with Gasteiger partial charge in [0.15, 0.2) is 5.76 Å². The van der Waals surface area contributed by atoms with Gasteiger partial charge < -0.3 is 4.42 Å². The topological polar surface area (TPSA) is 26.0 Å². The lowest BCUT2D eigenvalue weighted by Gasteiger charge is -2.01. The number of benzene rings is 2. The molecule has 0 amide bonds. The van der Waals surface area contributed by atoms with Crippen molar-refractivity contribution in [2.24, 2.45) is 0 Å². The normalized spacial score (nSPS) is 10.7. The molecule has 2 nitrogen and oxygen atoms in total. The molecule has 0 saturated heterocycles. The molecular weight excluding hydrogens is 334 g/mol. The van der Waals surface area contributed by atoms with E-state index >= 15 is 0 Å². The summed E-state index contributed by atoms with van der Waals surface area (Å²) in [5, 5.41) is 0. The molecular formula is C16H12BrNOS. The van der Waals surface area contributed by atoms with E-state index in [0.717, 1.165) is 27.4 Å². The van der Waals surface area contributed by atoms with Gasteiger partial charge in [0, 0.05) is 14.9 Å². The van der Waals surface area contributed by atoms with E-state index in [-0.39, 0.29) is 0 Å². The molecule has 3 aromatic rings. The molecule has 4 heteroatoms. The highest BCUT2D eigenvalue weighted by Gasteiger charge is 2.07. The Balaban J connectivity index is 1.71. The maximum atomic E-state index is 5.78. The van der Waals surface area contributed by atoms with Crippen molar-refractivity contribution < 1.29 is 4.42 Å². The average Bonchev–Trinajstić information content (AvgIpc) is 2.96. The number of hydrogen-bond acceptors (Lipinski definition) is 3. The summed E-state index contributed by atoms with van der Waals surface area (Å²) in [5.41, 5.74) is 1.05. The van der Waals surface area contributed by atoms with E-state index in [1.54, 1.807) is 18.0 Å². The minimum atomic E-state index is 0.718. The lowest BCUT2D eigenvalue weighted by atomic mass is 10.2. The van der Waals surface area contributed by atoms with Crippen LogP contribution in [-0.4, -0.2) is 4.98 Å². The van der Waals surface area contributed by atoms with Gasteiger partial charge in [-0.3, -0.25) is 0 Å². The van der Waals surface area contributed by atoms with E-state index in [1.807, 2.05) is 48.5 Å². The van der Waals surface area contributed by atoms with E-state index < -0.39 is 0 Å². The summed E-state index contributed by atoms with van der Waals surface area (Å²) in [6, 6.07) is 18.2. The van der Waals surface area contributed by atoms with Crippen molar-refractivity contribution in [3.8, 4) is 11.3 Å². The van der Waals surface area contributed by atoms with E-state index in [4.69, 9.17) is 4.42 Å². The molecule has 0 bridgehead atoms. The Hall–Kier alpha value is -1.52. The van der Waals surface area contributed by atoms with Crippen molar-refractivity contribution >= 4 is 27.7 Å². The Bertz CT molecular complexity index is 696. The zero-order valence-corrected chi connectivity index (χ0v) is 13.0. The van der Waals surface area contributed by atoms with Gasteiger partial charge in [0.2, 0.25) is 5.89 Å². The third-order valence-electron chi connectivity index (χ3n) is 2.80. The third-order valence-corrected chi connectivity index (χ3v) is 4.81. The lowest BCUT2D eigenvalue weighted by Crippen LogP contribution is -1.80. The molecule has 0 aliphatic rings. The Morgan fingerprint density at radius 3 is 2.55 bits per heavy atom. The molecule has 0 atom stereocenters. The Labute approximate surface area is 130 Å². The smallest absolute Gasteiger partial charge is 0.205 e. The van der Waals surface area contributed by atoms with E-state index in [1.165, 1.54) is 4.90 Å². The highest BCUT2D eigenvalue weighted by atomic mass is 79.9. The number of thioether (sulfide) groups is 1. The molecule has 1 aromatic heterocycles. The zero-order valence-electron chi connectivity index (χ0n) is 10.6. The molecule has 2 aromatic carbocycles. The predicted molar refractivity (Wildman–Crippen MR) is 85.6 cm³/mol. The summed E-state index contributed by atoms with van der Waals surface area (Å²) in [7, 11) is 0. The van der Waals surface area contributed by atoms with Crippen molar-refractivity contribution in [3.05, 3.63) is 71.2 Å². The predicted octanol–water partition coefficient (Wildman–Crippen LogP) is 5.40. The first kappa shape index (κ1) is 13.5. The summed E-state index contributed by atoms with van der Waals surface area (Å²) < 4.78 is 6.88. The average molecular weight is 346 g/mol. The minimum Gasteiger partial charge on any atom is -0.440 e. The van der Waals surface area contributed by atoms with Gasteiger partial charge in [-0.25, -0.2) is 4.98 Å². The lowest BCUT2D eigenvalue weighted by molar-refractivity contribution is 0.530. The van der Waals surface area contributed by atoms with Crippen LogP contribution >= 0.6 is 27.7 Å². The second-order valence-electron chi connectivity index (χ2n) is 4.20. The van der Waals surface area contributed by atoms with Gasteiger partial charge in [0.1, 0.15) is 0 Å². The third kappa shape index (κ3) is 3.14. The fourth-order valence-corrected chi connectivity index (χ4v) is 3.24. The van der Waals surface area contributed by atoms with Crippen LogP contribution in [0.25, 0.3) is 11.3 Å². The van der Waals surface area contributed by atoms with Crippen LogP contribution in [0.1, 0.15) is 5.89 Å². The summed E-state index contributed by atoms with van der Waals surface area (Å²) in [5.74, 6) is 2.27. The van der Waals surface area contributed by atoms with Crippen LogP contribution in [0.3, 0.4) is 0 Å². The molecule has 0 aliphatic carbocycles. The quantitative estimate of drug-likeness (QED) is 0.592. The fraction of sp³-hybridized carbons (Fsp3) is 0.0625. The monoisotopic (exact) mass is 345 g/mol. The summed E-state index contributed by atoms with van der Waals surface area (Å²) in [6.45, 7) is 0. The van der Waals surface area contributed by atoms with Crippen molar-refractivity contribution in [1.29, 1.82) is 0 Å². The SMILES string of the molecule is Brc1ccccc1SCc1ncc(-c2ccccc2)o1. The van der Waals surface area contributed by atoms with E-state index in [2.05, 4.69) is 27.0 Å². The van der Waals surface area contributed by atoms with E-state index in [9.17, 15) is 0 Å². The second-order valence-corrected chi connectivity index (χ2v) is 6.07. The number of halogens is 1. The first-order valence-corrected chi connectivity index (χ1v) is 7.98. The molecule has 20 heavy (non-hydrogen) atoms. The molecule has 0 N–H and O–H groups in total. The number of rotatable bonds is 4. The highest BCUT2D eigenvalue weighted by Crippen LogP contribution is 2.30. The van der Waals surface area contributed by atoms with Crippen molar-refractivity contribution in [2.45, 2.75) is 10.6 Å². The van der Waals surface area contributed by atoms with Gasteiger partial charge in [-0.15, -0.1) is 11.8 Å². The van der Waals surface area contributed by atoms with Crippen LogP contribution in [0.4, 0.5) is 0 Å². The maximum absolute atomic E-state index is 5.78. The molecule has 3 rings (SSSR count). The molecule has 1 heterocycles. The van der Waals surface area contributed by atoms with Gasteiger partial charge >= 0.3 is 0 Å². The number of nitrogens with zero attached hydrogens (tertiary/aromatic N) is 1. The molecule has 0 spiro atoms. The molecule has 0 radical (unpaired) electrons. The molecule has 0 aliphatic heterocycles. The zero-order chi connectivity index (χ0) is 13.8. The Kier molecular flexibility index (Phi) is 4.23. The number of oxazole rings is 1. The van der Waals surface area contributed by atoms with Crippen LogP contribution in [0.15, 0.2) is 74.6 Å². The van der Waals surface area contributed by atoms with Crippen LogP contribution in [0.2, 0.25) is 0 Å². The Morgan fingerprint density at radius 2 is 1.75 bits per heavy atom.